The Kier molecular flexibility index (Phi) is 3.21. The van der Waals surface area contributed by atoms with E-state index in [1.54, 1.807) is 24.3 Å². The number of piperidine rings is 1. The molecule has 26 heavy (non-hydrogen) atoms. The lowest BCUT2D eigenvalue weighted by atomic mass is 9.68. The molecule has 5 atom stereocenters. The lowest BCUT2D eigenvalue weighted by Crippen LogP contribution is -2.65. The van der Waals surface area contributed by atoms with Gasteiger partial charge >= 0.3 is 0 Å². The van der Waals surface area contributed by atoms with Crippen molar-refractivity contribution in [3.05, 3.63) is 29.8 Å². The predicted molar refractivity (Wildman–Crippen MR) is 93.1 cm³/mol. The molecule has 0 amide bonds. The van der Waals surface area contributed by atoms with Crippen LogP contribution in [0.4, 0.5) is 0 Å². The van der Waals surface area contributed by atoms with E-state index in [0.717, 1.165) is 5.56 Å². The number of carbonyl (C=O) groups excluding carboxylic acids is 1. The molecule has 0 N–H and O–H groups in total. The first kappa shape index (κ1) is 16.9. The second-order valence-electron chi connectivity index (χ2n) is 8.58. The third kappa shape index (κ3) is 1.97. The van der Waals surface area contributed by atoms with Crippen LogP contribution in [0.2, 0.25) is 0 Å². The SMILES string of the molecule is Cc1ccc(S(=O)(=O)N2CC[C@]34O[C@H]([C@@H]5O[C@@H]53)C(C)(C)C(=O)C4C2)cc1. The van der Waals surface area contributed by atoms with Gasteiger partial charge < -0.3 is 9.47 Å². The number of hydrogen-bond acceptors (Lipinski definition) is 5. The van der Waals surface area contributed by atoms with E-state index in [2.05, 4.69) is 0 Å². The maximum Gasteiger partial charge on any atom is 0.243 e. The average molecular weight is 377 g/mol. The number of nitrogens with zero attached hydrogens (tertiary/aromatic N) is 1. The molecule has 0 radical (unpaired) electrons. The van der Waals surface area contributed by atoms with E-state index in [9.17, 15) is 13.2 Å². The highest BCUT2D eigenvalue weighted by Gasteiger charge is 2.77. The van der Waals surface area contributed by atoms with Crippen molar-refractivity contribution in [3.63, 3.8) is 0 Å². The van der Waals surface area contributed by atoms with Crippen LogP contribution in [0.15, 0.2) is 29.2 Å². The van der Waals surface area contributed by atoms with Crippen molar-refractivity contribution < 1.29 is 22.7 Å². The summed E-state index contributed by atoms with van der Waals surface area (Å²) in [5.74, 6) is -0.367. The molecule has 1 spiro atoms. The first-order chi connectivity index (χ1) is 12.2. The molecule has 4 aliphatic rings. The van der Waals surface area contributed by atoms with Crippen molar-refractivity contribution in [3.8, 4) is 0 Å². The standard InChI is InChI=1S/C19H23NO5S/c1-11-4-6-12(7-5-11)26(22,23)20-9-8-19-13(10-20)15(21)18(2,3)16(25-19)14-17(19)24-14/h4-7,13-14,16-17H,8-10H2,1-3H3/t13?,14-,16+,17-,19+/m0/s1. The van der Waals surface area contributed by atoms with Gasteiger partial charge in [0.1, 0.15) is 23.6 Å². The van der Waals surface area contributed by atoms with Crippen LogP contribution < -0.4 is 0 Å². The lowest BCUT2D eigenvalue weighted by Gasteiger charge is -2.52. The molecule has 1 unspecified atom stereocenters. The second kappa shape index (κ2) is 4.95. The summed E-state index contributed by atoms with van der Waals surface area (Å²) in [5.41, 5.74) is -0.282. The zero-order valence-corrected chi connectivity index (χ0v) is 16.0. The van der Waals surface area contributed by atoms with Gasteiger partial charge in [0.05, 0.1) is 22.3 Å². The Labute approximate surface area is 153 Å². The third-order valence-corrected chi connectivity index (χ3v) is 8.58. The fourth-order valence-electron chi connectivity index (χ4n) is 5.05. The number of epoxide rings is 1. The average Bonchev–Trinajstić information content (AvgIpc) is 3.34. The van der Waals surface area contributed by atoms with E-state index < -0.39 is 27.0 Å². The van der Waals surface area contributed by atoms with Gasteiger partial charge in [0.15, 0.2) is 0 Å². The summed E-state index contributed by atoms with van der Waals surface area (Å²) >= 11 is 0. The van der Waals surface area contributed by atoms with Crippen molar-refractivity contribution in [2.45, 2.75) is 56.0 Å². The van der Waals surface area contributed by atoms with E-state index in [1.165, 1.54) is 4.31 Å². The molecule has 0 saturated carbocycles. The highest BCUT2D eigenvalue weighted by atomic mass is 32.2. The van der Waals surface area contributed by atoms with Gasteiger partial charge in [-0.05, 0) is 25.5 Å². The number of hydrogen-bond donors (Lipinski definition) is 0. The summed E-state index contributed by atoms with van der Waals surface area (Å²) in [5, 5.41) is 0. The Morgan fingerprint density at radius 1 is 1.15 bits per heavy atom. The summed E-state index contributed by atoms with van der Waals surface area (Å²) < 4.78 is 39.8. The Hall–Kier alpha value is -1.28. The fraction of sp³-hybridized carbons (Fsp3) is 0.632. The minimum Gasteiger partial charge on any atom is -0.364 e. The molecule has 1 aromatic rings. The molecule has 4 aliphatic heterocycles. The second-order valence-corrected chi connectivity index (χ2v) is 10.5. The van der Waals surface area contributed by atoms with Gasteiger partial charge in [-0.15, -0.1) is 0 Å². The van der Waals surface area contributed by atoms with Gasteiger partial charge in [-0.1, -0.05) is 31.5 Å². The summed E-state index contributed by atoms with van der Waals surface area (Å²) in [6.07, 6.45) is 0.213. The summed E-state index contributed by atoms with van der Waals surface area (Å²) in [7, 11) is -3.63. The van der Waals surface area contributed by atoms with E-state index in [1.807, 2.05) is 20.8 Å². The summed E-state index contributed by atoms with van der Waals surface area (Å²) in [4.78, 5) is 13.5. The molecule has 4 fully saturated rings. The Morgan fingerprint density at radius 3 is 2.54 bits per heavy atom. The van der Waals surface area contributed by atoms with Gasteiger partial charge in [0.25, 0.3) is 0 Å². The smallest absolute Gasteiger partial charge is 0.243 e. The highest BCUT2D eigenvalue weighted by Crippen LogP contribution is 2.61. The molecule has 0 aromatic heterocycles. The number of fused-ring (bicyclic) bond motifs is 3. The molecule has 140 valence electrons. The van der Waals surface area contributed by atoms with Crippen LogP contribution in [0.3, 0.4) is 0 Å². The predicted octanol–water partition coefficient (Wildman–Crippen LogP) is 1.52. The van der Waals surface area contributed by atoms with Crippen LogP contribution in [-0.2, 0) is 24.3 Å². The normalized spacial score (nSPS) is 40.8. The maximum atomic E-state index is 13.2. The Balaban J connectivity index is 1.49. The van der Waals surface area contributed by atoms with Crippen LogP contribution in [-0.4, -0.2) is 55.5 Å². The molecule has 4 heterocycles. The van der Waals surface area contributed by atoms with Crippen LogP contribution >= 0.6 is 0 Å². The first-order valence-corrected chi connectivity index (χ1v) is 10.6. The van der Waals surface area contributed by atoms with Crippen molar-refractivity contribution in [1.29, 1.82) is 0 Å². The number of Topliss-reactive ketones (excluding diaryl/α,β-unsaturated/α-hetero) is 1. The topological polar surface area (TPSA) is 76.2 Å². The summed E-state index contributed by atoms with van der Waals surface area (Å²) in [6, 6.07) is 6.84. The van der Waals surface area contributed by atoms with E-state index in [0.29, 0.717) is 13.0 Å². The monoisotopic (exact) mass is 377 g/mol. The quantitative estimate of drug-likeness (QED) is 0.731. The van der Waals surface area contributed by atoms with E-state index in [4.69, 9.17) is 9.47 Å². The van der Waals surface area contributed by atoms with Gasteiger partial charge in [-0.3, -0.25) is 4.79 Å². The van der Waals surface area contributed by atoms with Crippen molar-refractivity contribution >= 4 is 15.8 Å². The molecule has 2 bridgehead atoms. The van der Waals surface area contributed by atoms with Gasteiger partial charge in [-0.25, -0.2) is 8.42 Å². The Bertz CT molecular complexity index is 893. The van der Waals surface area contributed by atoms with Crippen LogP contribution in [0.1, 0.15) is 25.8 Å². The highest BCUT2D eigenvalue weighted by molar-refractivity contribution is 7.89. The molecule has 1 aromatic carbocycles. The molecule has 6 nitrogen and oxygen atoms in total. The van der Waals surface area contributed by atoms with Gasteiger partial charge in [-0.2, -0.15) is 4.31 Å². The molecule has 5 rings (SSSR count). The largest absolute Gasteiger partial charge is 0.364 e. The molecular formula is C19H23NO5S. The van der Waals surface area contributed by atoms with Crippen LogP contribution in [0.5, 0.6) is 0 Å². The van der Waals surface area contributed by atoms with Crippen LogP contribution in [0, 0.1) is 18.3 Å². The van der Waals surface area contributed by atoms with Crippen molar-refractivity contribution in [1.82, 2.24) is 4.31 Å². The van der Waals surface area contributed by atoms with Gasteiger partial charge in [0.2, 0.25) is 10.0 Å². The number of ether oxygens (including phenoxy) is 2. The zero-order valence-electron chi connectivity index (χ0n) is 15.1. The van der Waals surface area contributed by atoms with Crippen molar-refractivity contribution in [2.24, 2.45) is 11.3 Å². The number of carbonyl (C=O) groups is 1. The lowest BCUT2D eigenvalue weighted by molar-refractivity contribution is -0.216. The van der Waals surface area contributed by atoms with Gasteiger partial charge in [0, 0.05) is 13.1 Å². The number of ketones is 1. The van der Waals surface area contributed by atoms with Crippen molar-refractivity contribution in [2.75, 3.05) is 13.1 Å². The minimum atomic E-state index is -3.63. The van der Waals surface area contributed by atoms with E-state index in [-0.39, 0.29) is 35.5 Å². The van der Waals surface area contributed by atoms with Crippen LogP contribution in [0.25, 0.3) is 0 Å². The maximum absolute atomic E-state index is 13.2. The van der Waals surface area contributed by atoms with E-state index >= 15 is 0 Å². The number of benzene rings is 1. The minimum absolute atomic E-state index is 0.0146. The molecule has 7 heteroatoms. The number of rotatable bonds is 2. The molecular weight excluding hydrogens is 354 g/mol. The summed E-state index contributed by atoms with van der Waals surface area (Å²) in [6.45, 7) is 6.21. The first-order valence-electron chi connectivity index (χ1n) is 9.12. The molecule has 0 aliphatic carbocycles. The molecule has 4 saturated heterocycles. The number of aryl methyl sites for hydroxylation is 1. The third-order valence-electron chi connectivity index (χ3n) is 6.70. The fourth-order valence-corrected chi connectivity index (χ4v) is 6.51. The zero-order chi connectivity index (χ0) is 18.5. The Morgan fingerprint density at radius 2 is 1.85 bits per heavy atom. The number of sulfonamides is 1.